The average Bonchev–Trinajstić information content (AvgIpc) is 2.35. The first kappa shape index (κ1) is 13.4. The normalized spacial score (nSPS) is 43.6. The van der Waals surface area contributed by atoms with E-state index < -0.39 is 0 Å². The van der Waals surface area contributed by atoms with E-state index in [1.165, 1.54) is 38.5 Å². The lowest BCUT2D eigenvalue weighted by Gasteiger charge is -2.43. The topological polar surface area (TPSA) is 32.3 Å². The Labute approximate surface area is 106 Å². The molecule has 0 heterocycles. The van der Waals surface area contributed by atoms with Gasteiger partial charge in [0, 0.05) is 11.6 Å². The molecule has 2 saturated carbocycles. The van der Waals surface area contributed by atoms with Crippen molar-refractivity contribution in [3.8, 4) is 0 Å². The van der Waals surface area contributed by atoms with Gasteiger partial charge in [-0.2, -0.15) is 0 Å². The summed E-state index contributed by atoms with van der Waals surface area (Å²) in [5.41, 5.74) is 0.0533. The molecule has 2 aliphatic rings. The predicted molar refractivity (Wildman–Crippen MR) is 72.0 cm³/mol. The summed E-state index contributed by atoms with van der Waals surface area (Å²) in [6, 6.07) is 0.659. The fraction of sp³-hybridized carbons (Fsp3) is 1.00. The Hall–Kier alpha value is -0.0800. The zero-order valence-electron chi connectivity index (χ0n) is 11.5. The number of aliphatic hydroxyl groups excluding tert-OH is 1. The lowest BCUT2D eigenvalue weighted by molar-refractivity contribution is 0.0850. The Morgan fingerprint density at radius 3 is 2.00 bits per heavy atom. The molecule has 0 aromatic carbocycles. The van der Waals surface area contributed by atoms with Gasteiger partial charge >= 0.3 is 0 Å². The van der Waals surface area contributed by atoms with Crippen molar-refractivity contribution in [2.45, 2.75) is 76.8 Å². The first-order valence-corrected chi connectivity index (χ1v) is 7.52. The summed E-state index contributed by atoms with van der Waals surface area (Å²) < 4.78 is 0. The molecule has 0 atom stereocenters. The molecular formula is C15H29NO. The van der Waals surface area contributed by atoms with Crippen LogP contribution in [0.1, 0.15) is 65.2 Å². The summed E-state index contributed by atoms with van der Waals surface area (Å²) in [5, 5.41) is 13.6. The summed E-state index contributed by atoms with van der Waals surface area (Å²) in [5.74, 6) is 1.76. The molecule has 2 aliphatic carbocycles. The highest BCUT2D eigenvalue weighted by atomic mass is 16.3. The Kier molecular flexibility index (Phi) is 4.48. The SMILES string of the molecule is CC1CCC(NC2(CO)CCC(C)CC2)CC1. The van der Waals surface area contributed by atoms with E-state index in [9.17, 15) is 5.11 Å². The number of nitrogens with one attached hydrogen (secondary N) is 1. The van der Waals surface area contributed by atoms with Crippen LogP contribution in [0.5, 0.6) is 0 Å². The molecule has 0 spiro atoms. The lowest BCUT2D eigenvalue weighted by Crippen LogP contribution is -2.55. The van der Waals surface area contributed by atoms with Crippen molar-refractivity contribution < 1.29 is 5.11 Å². The number of hydrogen-bond donors (Lipinski definition) is 2. The minimum atomic E-state index is 0.0533. The monoisotopic (exact) mass is 239 g/mol. The molecule has 0 amide bonds. The summed E-state index contributed by atoms with van der Waals surface area (Å²) in [6.07, 6.45) is 10.2. The quantitative estimate of drug-likeness (QED) is 0.793. The predicted octanol–water partition coefficient (Wildman–Crippen LogP) is 3.10. The lowest BCUT2D eigenvalue weighted by atomic mass is 9.76. The highest BCUT2D eigenvalue weighted by molar-refractivity contribution is 4.94. The van der Waals surface area contributed by atoms with Gasteiger partial charge in [-0.15, -0.1) is 0 Å². The van der Waals surface area contributed by atoms with Gasteiger partial charge in [0.2, 0.25) is 0 Å². The van der Waals surface area contributed by atoms with E-state index in [2.05, 4.69) is 19.2 Å². The molecule has 2 nitrogen and oxygen atoms in total. The zero-order chi connectivity index (χ0) is 12.3. The molecule has 100 valence electrons. The van der Waals surface area contributed by atoms with Crippen molar-refractivity contribution in [2.75, 3.05) is 6.61 Å². The number of rotatable bonds is 3. The van der Waals surface area contributed by atoms with E-state index >= 15 is 0 Å². The summed E-state index contributed by atoms with van der Waals surface area (Å²) in [6.45, 7) is 5.02. The molecule has 17 heavy (non-hydrogen) atoms. The smallest absolute Gasteiger partial charge is 0.0613 e. The molecule has 0 bridgehead atoms. The van der Waals surface area contributed by atoms with Crippen LogP contribution in [0.15, 0.2) is 0 Å². The van der Waals surface area contributed by atoms with E-state index in [-0.39, 0.29) is 5.54 Å². The van der Waals surface area contributed by atoms with Crippen LogP contribution >= 0.6 is 0 Å². The van der Waals surface area contributed by atoms with Crippen LogP contribution in [0.2, 0.25) is 0 Å². The van der Waals surface area contributed by atoms with Crippen LogP contribution < -0.4 is 5.32 Å². The summed E-state index contributed by atoms with van der Waals surface area (Å²) in [7, 11) is 0. The maximum Gasteiger partial charge on any atom is 0.0613 e. The number of hydrogen-bond acceptors (Lipinski definition) is 2. The molecule has 0 saturated heterocycles. The van der Waals surface area contributed by atoms with Gasteiger partial charge in [0.05, 0.1) is 6.61 Å². The zero-order valence-corrected chi connectivity index (χ0v) is 11.5. The third-order valence-electron chi connectivity index (χ3n) is 5.06. The molecule has 2 rings (SSSR count). The van der Waals surface area contributed by atoms with Crippen LogP contribution in [0.4, 0.5) is 0 Å². The van der Waals surface area contributed by atoms with Crippen LogP contribution in [0.3, 0.4) is 0 Å². The maximum absolute atomic E-state index is 9.75. The van der Waals surface area contributed by atoms with Crippen molar-refractivity contribution in [3.05, 3.63) is 0 Å². The molecule has 2 fully saturated rings. The molecular weight excluding hydrogens is 210 g/mol. The highest BCUT2D eigenvalue weighted by Gasteiger charge is 2.35. The molecule has 2 heteroatoms. The second-order valence-corrected chi connectivity index (χ2v) is 6.72. The fourth-order valence-corrected chi connectivity index (χ4v) is 3.50. The summed E-state index contributed by atoms with van der Waals surface area (Å²) >= 11 is 0. The van der Waals surface area contributed by atoms with Crippen molar-refractivity contribution >= 4 is 0 Å². The van der Waals surface area contributed by atoms with Gasteiger partial charge in [0.15, 0.2) is 0 Å². The third kappa shape index (κ3) is 3.45. The van der Waals surface area contributed by atoms with E-state index in [4.69, 9.17) is 0 Å². The fourth-order valence-electron chi connectivity index (χ4n) is 3.50. The van der Waals surface area contributed by atoms with Crippen molar-refractivity contribution in [3.63, 3.8) is 0 Å². The second-order valence-electron chi connectivity index (χ2n) is 6.72. The van der Waals surface area contributed by atoms with E-state index in [0.29, 0.717) is 12.6 Å². The molecule has 0 aliphatic heterocycles. The largest absolute Gasteiger partial charge is 0.394 e. The summed E-state index contributed by atoms with van der Waals surface area (Å²) in [4.78, 5) is 0. The van der Waals surface area contributed by atoms with Crippen LogP contribution in [-0.4, -0.2) is 23.3 Å². The highest BCUT2D eigenvalue weighted by Crippen LogP contribution is 2.34. The first-order valence-electron chi connectivity index (χ1n) is 7.52. The Morgan fingerprint density at radius 1 is 0.941 bits per heavy atom. The maximum atomic E-state index is 9.75. The molecule has 0 unspecified atom stereocenters. The van der Waals surface area contributed by atoms with E-state index in [1.54, 1.807) is 0 Å². The van der Waals surface area contributed by atoms with Crippen molar-refractivity contribution in [2.24, 2.45) is 11.8 Å². The second kappa shape index (κ2) is 5.71. The standard InChI is InChI=1S/C15H29NO/c1-12-3-5-14(6-4-12)16-15(11-17)9-7-13(2)8-10-15/h12-14,16-17H,3-11H2,1-2H3. The molecule has 0 aromatic rings. The minimum absolute atomic E-state index is 0.0533. The number of aliphatic hydroxyl groups is 1. The van der Waals surface area contributed by atoms with Crippen molar-refractivity contribution in [1.29, 1.82) is 0 Å². The van der Waals surface area contributed by atoms with E-state index in [1.807, 2.05) is 0 Å². The minimum Gasteiger partial charge on any atom is -0.394 e. The van der Waals surface area contributed by atoms with Crippen LogP contribution in [-0.2, 0) is 0 Å². The van der Waals surface area contributed by atoms with Gasteiger partial charge < -0.3 is 10.4 Å². The van der Waals surface area contributed by atoms with Gasteiger partial charge in [-0.25, -0.2) is 0 Å². The third-order valence-corrected chi connectivity index (χ3v) is 5.06. The van der Waals surface area contributed by atoms with Crippen LogP contribution in [0.25, 0.3) is 0 Å². The van der Waals surface area contributed by atoms with Gasteiger partial charge in [-0.1, -0.05) is 13.8 Å². The van der Waals surface area contributed by atoms with Crippen LogP contribution in [0, 0.1) is 11.8 Å². The van der Waals surface area contributed by atoms with Gasteiger partial charge in [0.25, 0.3) is 0 Å². The van der Waals surface area contributed by atoms with Crippen molar-refractivity contribution in [1.82, 2.24) is 5.32 Å². The Balaban J connectivity index is 1.86. The van der Waals surface area contributed by atoms with Gasteiger partial charge in [0.1, 0.15) is 0 Å². The molecule has 0 aromatic heterocycles. The van der Waals surface area contributed by atoms with Gasteiger partial charge in [-0.05, 0) is 63.2 Å². The molecule has 2 N–H and O–H groups in total. The first-order chi connectivity index (χ1) is 8.13. The Morgan fingerprint density at radius 2 is 1.47 bits per heavy atom. The molecule has 0 radical (unpaired) electrons. The van der Waals surface area contributed by atoms with Gasteiger partial charge in [-0.3, -0.25) is 0 Å². The van der Waals surface area contributed by atoms with E-state index in [0.717, 1.165) is 24.7 Å². The average molecular weight is 239 g/mol. The Bertz CT molecular complexity index is 225.